The summed E-state index contributed by atoms with van der Waals surface area (Å²) in [6.07, 6.45) is -1.78. The van der Waals surface area contributed by atoms with Crippen molar-refractivity contribution in [3.8, 4) is 11.4 Å². The molecule has 100 valence electrons. The topological polar surface area (TPSA) is 51.8 Å². The van der Waals surface area contributed by atoms with Gasteiger partial charge in [-0.15, -0.1) is 0 Å². The summed E-state index contributed by atoms with van der Waals surface area (Å²) in [5.41, 5.74) is 8.03. The average Bonchev–Trinajstić information content (AvgIpc) is 2.41. The van der Waals surface area contributed by atoms with Crippen LogP contribution in [0.25, 0.3) is 11.4 Å². The smallest absolute Gasteiger partial charge is 0.263 e. The second-order valence-corrected chi connectivity index (χ2v) is 4.28. The first-order valence-electron chi connectivity index (χ1n) is 6.04. The van der Waals surface area contributed by atoms with Crippen molar-refractivity contribution in [1.82, 2.24) is 9.97 Å². The molecule has 0 aliphatic carbocycles. The second kappa shape index (κ2) is 5.30. The Hall–Kier alpha value is -2.04. The van der Waals surface area contributed by atoms with Crippen LogP contribution < -0.4 is 5.73 Å². The van der Waals surface area contributed by atoms with Crippen LogP contribution in [0.1, 0.15) is 30.2 Å². The first-order valence-corrected chi connectivity index (χ1v) is 6.04. The van der Waals surface area contributed by atoms with E-state index in [2.05, 4.69) is 9.97 Å². The van der Waals surface area contributed by atoms with Crippen molar-refractivity contribution >= 4 is 5.82 Å². The van der Waals surface area contributed by atoms with Gasteiger partial charge in [0.05, 0.1) is 0 Å². The monoisotopic (exact) mass is 263 g/mol. The average molecular weight is 263 g/mol. The van der Waals surface area contributed by atoms with Crippen LogP contribution in [-0.2, 0) is 6.42 Å². The molecule has 0 atom stereocenters. The third-order valence-corrected chi connectivity index (χ3v) is 3.02. The highest BCUT2D eigenvalue weighted by Gasteiger charge is 2.12. The predicted octanol–water partition coefficient (Wildman–Crippen LogP) is 3.53. The van der Waals surface area contributed by atoms with E-state index >= 15 is 0 Å². The highest BCUT2D eigenvalue weighted by molar-refractivity contribution is 5.59. The molecule has 0 radical (unpaired) electrons. The lowest BCUT2D eigenvalue weighted by molar-refractivity contribution is 0.151. The number of anilines is 1. The summed E-state index contributed by atoms with van der Waals surface area (Å²) in [5, 5.41) is 0. The Bertz CT molecular complexity index is 597. The number of aryl methyl sites for hydroxylation is 1. The quantitative estimate of drug-likeness (QED) is 0.921. The Morgan fingerprint density at radius 3 is 2.63 bits per heavy atom. The van der Waals surface area contributed by atoms with Gasteiger partial charge in [0.25, 0.3) is 6.43 Å². The van der Waals surface area contributed by atoms with Gasteiger partial charge in [-0.2, -0.15) is 0 Å². The number of nitrogens with two attached hydrogens (primary N) is 1. The maximum absolute atomic E-state index is 12.7. The summed E-state index contributed by atoms with van der Waals surface area (Å²) in [6.45, 7) is 3.82. The van der Waals surface area contributed by atoms with E-state index in [-0.39, 0.29) is 5.56 Å². The molecule has 0 fully saturated rings. The molecule has 2 rings (SSSR count). The maximum Gasteiger partial charge on any atom is 0.263 e. The Kier molecular flexibility index (Phi) is 3.74. The number of hydrogen-bond donors (Lipinski definition) is 1. The van der Waals surface area contributed by atoms with Gasteiger partial charge in [0, 0.05) is 22.4 Å². The van der Waals surface area contributed by atoms with Crippen molar-refractivity contribution in [2.24, 2.45) is 0 Å². The SMILES string of the molecule is CCc1nc(-c2cccc(C(F)F)c2)nc(N)c1C. The third-order valence-electron chi connectivity index (χ3n) is 3.02. The molecule has 0 spiro atoms. The molecule has 19 heavy (non-hydrogen) atoms. The molecule has 1 heterocycles. The first kappa shape index (κ1) is 13.4. The number of hydrogen-bond acceptors (Lipinski definition) is 3. The minimum absolute atomic E-state index is 0.0432. The minimum atomic E-state index is -2.51. The molecule has 3 nitrogen and oxygen atoms in total. The fraction of sp³-hybridized carbons (Fsp3) is 0.286. The molecule has 0 saturated heterocycles. The van der Waals surface area contributed by atoms with Crippen molar-refractivity contribution in [2.45, 2.75) is 26.7 Å². The highest BCUT2D eigenvalue weighted by Crippen LogP contribution is 2.25. The molecule has 0 aliphatic heterocycles. The second-order valence-electron chi connectivity index (χ2n) is 4.28. The largest absolute Gasteiger partial charge is 0.383 e. The number of benzene rings is 1. The predicted molar refractivity (Wildman–Crippen MR) is 71.0 cm³/mol. The Balaban J connectivity index is 2.53. The maximum atomic E-state index is 12.7. The van der Waals surface area contributed by atoms with Crippen LogP contribution in [0, 0.1) is 6.92 Å². The van der Waals surface area contributed by atoms with E-state index in [0.29, 0.717) is 17.2 Å². The molecule has 0 saturated carbocycles. The van der Waals surface area contributed by atoms with Crippen LogP contribution in [0.5, 0.6) is 0 Å². The standard InChI is InChI=1S/C14H15F2N3/c1-3-11-8(2)13(17)19-14(18-11)10-6-4-5-9(7-10)12(15)16/h4-7,12H,3H2,1-2H3,(H2,17,18,19). The Morgan fingerprint density at radius 2 is 2.00 bits per heavy atom. The number of rotatable bonds is 3. The summed E-state index contributed by atoms with van der Waals surface area (Å²) in [7, 11) is 0. The molecule has 5 heteroatoms. The van der Waals surface area contributed by atoms with Gasteiger partial charge in [-0.1, -0.05) is 25.1 Å². The zero-order chi connectivity index (χ0) is 14.0. The molecule has 0 unspecified atom stereocenters. The van der Waals surface area contributed by atoms with Crippen LogP contribution in [0.3, 0.4) is 0 Å². The van der Waals surface area contributed by atoms with Crippen molar-refractivity contribution in [3.05, 3.63) is 41.1 Å². The van der Waals surface area contributed by atoms with E-state index in [4.69, 9.17) is 5.73 Å². The zero-order valence-corrected chi connectivity index (χ0v) is 10.8. The molecule has 1 aromatic heterocycles. The summed E-state index contributed by atoms with van der Waals surface area (Å²) < 4.78 is 25.4. The van der Waals surface area contributed by atoms with Gasteiger partial charge >= 0.3 is 0 Å². The highest BCUT2D eigenvalue weighted by atomic mass is 19.3. The molecular weight excluding hydrogens is 248 g/mol. The number of alkyl halides is 2. The number of nitrogen functional groups attached to an aromatic ring is 1. The van der Waals surface area contributed by atoms with Crippen molar-refractivity contribution in [3.63, 3.8) is 0 Å². The molecule has 2 N–H and O–H groups in total. The molecular formula is C14H15F2N3. The first-order chi connectivity index (χ1) is 9.02. The number of nitrogens with zero attached hydrogens (tertiary/aromatic N) is 2. The molecule has 1 aromatic carbocycles. The van der Waals surface area contributed by atoms with E-state index in [1.807, 2.05) is 13.8 Å². The molecule has 0 bridgehead atoms. The fourth-order valence-electron chi connectivity index (χ4n) is 1.87. The van der Waals surface area contributed by atoms with Crippen LogP contribution in [-0.4, -0.2) is 9.97 Å². The van der Waals surface area contributed by atoms with Gasteiger partial charge in [0.1, 0.15) is 5.82 Å². The third kappa shape index (κ3) is 2.70. The lowest BCUT2D eigenvalue weighted by Crippen LogP contribution is -2.04. The summed E-state index contributed by atoms with van der Waals surface area (Å²) in [5.74, 6) is 0.784. The van der Waals surface area contributed by atoms with E-state index in [9.17, 15) is 8.78 Å². The lowest BCUT2D eigenvalue weighted by atomic mass is 10.1. The summed E-state index contributed by atoms with van der Waals surface area (Å²) in [4.78, 5) is 8.56. The summed E-state index contributed by atoms with van der Waals surface area (Å²) >= 11 is 0. The molecule has 0 aliphatic rings. The lowest BCUT2D eigenvalue weighted by Gasteiger charge is -2.09. The van der Waals surface area contributed by atoms with Gasteiger partial charge < -0.3 is 5.73 Å². The van der Waals surface area contributed by atoms with Gasteiger partial charge in [0.2, 0.25) is 0 Å². The number of aromatic nitrogens is 2. The summed E-state index contributed by atoms with van der Waals surface area (Å²) in [6, 6.07) is 6.05. The van der Waals surface area contributed by atoms with Crippen LogP contribution in [0.2, 0.25) is 0 Å². The van der Waals surface area contributed by atoms with E-state index < -0.39 is 6.43 Å². The van der Waals surface area contributed by atoms with Gasteiger partial charge in [-0.3, -0.25) is 0 Å². The fourth-order valence-corrected chi connectivity index (χ4v) is 1.87. The van der Waals surface area contributed by atoms with Crippen LogP contribution >= 0.6 is 0 Å². The molecule has 0 amide bonds. The van der Waals surface area contributed by atoms with Gasteiger partial charge in [0.15, 0.2) is 5.82 Å². The Morgan fingerprint density at radius 1 is 1.26 bits per heavy atom. The van der Waals surface area contributed by atoms with Crippen molar-refractivity contribution in [1.29, 1.82) is 0 Å². The van der Waals surface area contributed by atoms with Crippen LogP contribution in [0.4, 0.5) is 14.6 Å². The van der Waals surface area contributed by atoms with Gasteiger partial charge in [-0.25, -0.2) is 18.7 Å². The minimum Gasteiger partial charge on any atom is -0.383 e. The van der Waals surface area contributed by atoms with E-state index in [0.717, 1.165) is 17.7 Å². The van der Waals surface area contributed by atoms with E-state index in [1.54, 1.807) is 12.1 Å². The number of halogens is 2. The molecule has 2 aromatic rings. The normalized spacial score (nSPS) is 11.0. The van der Waals surface area contributed by atoms with Gasteiger partial charge in [-0.05, 0) is 19.4 Å². The van der Waals surface area contributed by atoms with Crippen molar-refractivity contribution < 1.29 is 8.78 Å². The zero-order valence-electron chi connectivity index (χ0n) is 10.8. The Labute approximate surface area is 110 Å². The van der Waals surface area contributed by atoms with Crippen LogP contribution in [0.15, 0.2) is 24.3 Å². The van der Waals surface area contributed by atoms with E-state index in [1.165, 1.54) is 12.1 Å². The van der Waals surface area contributed by atoms with Crippen molar-refractivity contribution in [2.75, 3.05) is 5.73 Å².